The van der Waals surface area contributed by atoms with Gasteiger partial charge in [0.2, 0.25) is 0 Å². The maximum atomic E-state index is 12.7. The van der Waals surface area contributed by atoms with Gasteiger partial charge in [-0.05, 0) is 25.0 Å². The molecule has 1 N–H and O–H groups in total. The van der Waals surface area contributed by atoms with E-state index < -0.39 is 22.0 Å². The van der Waals surface area contributed by atoms with E-state index in [0.29, 0.717) is 16.3 Å². The fourth-order valence-electron chi connectivity index (χ4n) is 2.01. The molecule has 0 bridgehead atoms. The number of carboxylic acids is 1. The summed E-state index contributed by atoms with van der Waals surface area (Å²) in [5.41, 5.74) is 0.682. The van der Waals surface area contributed by atoms with Crippen molar-refractivity contribution in [1.82, 2.24) is 4.31 Å². The van der Waals surface area contributed by atoms with Crippen molar-refractivity contribution in [2.24, 2.45) is 0 Å². The van der Waals surface area contributed by atoms with Crippen LogP contribution in [0.25, 0.3) is 0 Å². The van der Waals surface area contributed by atoms with Crippen LogP contribution < -0.4 is 0 Å². The lowest BCUT2D eigenvalue weighted by molar-refractivity contribution is -0.140. The van der Waals surface area contributed by atoms with E-state index in [4.69, 9.17) is 11.6 Å². The van der Waals surface area contributed by atoms with E-state index in [1.807, 2.05) is 6.92 Å². The van der Waals surface area contributed by atoms with Crippen LogP contribution in [0.4, 0.5) is 0 Å². The first-order valence-electron chi connectivity index (χ1n) is 5.93. The minimum Gasteiger partial charge on any atom is -0.480 e. The largest absolute Gasteiger partial charge is 0.480 e. The molecule has 2 unspecified atom stereocenters. The standard InChI is InChI=1S/C11H14ClNO4S3/c1-3-8-13(7(5-18-8)11(14)15)20(16,17)9-4-6(2)10(12)19-9/h4,7-8H,3,5H2,1-2H3,(H,14,15). The molecule has 0 saturated carbocycles. The smallest absolute Gasteiger partial charge is 0.322 e. The summed E-state index contributed by atoms with van der Waals surface area (Å²) < 4.78 is 27.0. The van der Waals surface area contributed by atoms with Crippen LogP contribution in [0.3, 0.4) is 0 Å². The third kappa shape index (κ3) is 2.71. The van der Waals surface area contributed by atoms with E-state index in [2.05, 4.69) is 0 Å². The Morgan fingerprint density at radius 1 is 1.60 bits per heavy atom. The maximum absolute atomic E-state index is 12.7. The average molecular weight is 356 g/mol. The molecule has 1 saturated heterocycles. The summed E-state index contributed by atoms with van der Waals surface area (Å²) in [6, 6.07) is 0.480. The van der Waals surface area contributed by atoms with Crippen LogP contribution in [0.2, 0.25) is 4.34 Å². The Labute approximate surface area is 131 Å². The number of nitrogens with zero attached hydrogens (tertiary/aromatic N) is 1. The molecule has 2 heterocycles. The number of thioether (sulfide) groups is 1. The lowest BCUT2D eigenvalue weighted by Gasteiger charge is -2.24. The molecule has 112 valence electrons. The van der Waals surface area contributed by atoms with Crippen molar-refractivity contribution in [2.75, 3.05) is 5.75 Å². The van der Waals surface area contributed by atoms with Gasteiger partial charge in [0.15, 0.2) is 0 Å². The number of aryl methyl sites for hydroxylation is 1. The van der Waals surface area contributed by atoms with Crippen LogP contribution in [0.5, 0.6) is 0 Å². The van der Waals surface area contributed by atoms with E-state index in [0.717, 1.165) is 15.6 Å². The highest BCUT2D eigenvalue weighted by Gasteiger charge is 2.46. The van der Waals surface area contributed by atoms with Crippen LogP contribution in [0, 0.1) is 6.92 Å². The Morgan fingerprint density at radius 3 is 2.70 bits per heavy atom. The number of rotatable bonds is 4. The van der Waals surface area contributed by atoms with Gasteiger partial charge >= 0.3 is 5.97 Å². The molecule has 0 amide bonds. The summed E-state index contributed by atoms with van der Waals surface area (Å²) in [6.45, 7) is 3.57. The zero-order valence-corrected chi connectivity index (χ0v) is 14.1. The molecule has 9 heteroatoms. The van der Waals surface area contributed by atoms with Crippen LogP contribution in [0.1, 0.15) is 18.9 Å². The molecule has 0 aromatic carbocycles. The Balaban J connectivity index is 2.47. The van der Waals surface area contributed by atoms with Crippen LogP contribution >= 0.6 is 34.7 Å². The number of thiophene rings is 1. The van der Waals surface area contributed by atoms with E-state index in [1.165, 1.54) is 17.8 Å². The van der Waals surface area contributed by atoms with Crippen molar-refractivity contribution < 1.29 is 18.3 Å². The number of hydrogen-bond donors (Lipinski definition) is 1. The van der Waals surface area contributed by atoms with E-state index in [-0.39, 0.29) is 15.3 Å². The van der Waals surface area contributed by atoms with Gasteiger partial charge in [-0.2, -0.15) is 4.31 Å². The molecule has 5 nitrogen and oxygen atoms in total. The van der Waals surface area contributed by atoms with Gasteiger partial charge in [0.1, 0.15) is 10.3 Å². The van der Waals surface area contributed by atoms with Gasteiger partial charge in [0.25, 0.3) is 10.0 Å². The molecule has 0 spiro atoms. The Hall–Kier alpha value is -0.280. The molecule has 0 radical (unpaired) electrons. The Kier molecular flexibility index (Phi) is 4.70. The molecule has 2 atom stereocenters. The first kappa shape index (κ1) is 16.1. The highest BCUT2D eigenvalue weighted by molar-refractivity contribution is 8.01. The number of sulfonamides is 1. The molecule has 2 rings (SSSR count). The summed E-state index contributed by atoms with van der Waals surface area (Å²) in [6.07, 6.45) is 0.561. The topological polar surface area (TPSA) is 74.7 Å². The zero-order valence-electron chi connectivity index (χ0n) is 10.9. The molecule has 1 aromatic heterocycles. The van der Waals surface area contributed by atoms with Crippen molar-refractivity contribution in [1.29, 1.82) is 0 Å². The molecular formula is C11H14ClNO4S3. The second-order valence-electron chi connectivity index (χ2n) is 4.41. The number of halogens is 1. The number of carboxylic acid groups (broad SMARTS) is 1. The summed E-state index contributed by atoms with van der Waals surface area (Å²) in [5, 5.41) is 8.88. The normalized spacial score (nSPS) is 24.1. The van der Waals surface area contributed by atoms with Crippen LogP contribution in [0.15, 0.2) is 10.3 Å². The lowest BCUT2D eigenvalue weighted by atomic mass is 10.3. The minimum atomic E-state index is -3.83. The Bertz CT molecular complexity index is 608. The van der Waals surface area contributed by atoms with Gasteiger partial charge in [-0.15, -0.1) is 23.1 Å². The van der Waals surface area contributed by atoms with Crippen molar-refractivity contribution in [2.45, 2.75) is 35.9 Å². The van der Waals surface area contributed by atoms with Gasteiger partial charge in [-0.25, -0.2) is 8.42 Å². The fraction of sp³-hybridized carbons (Fsp3) is 0.545. The van der Waals surface area contributed by atoms with Gasteiger partial charge in [-0.1, -0.05) is 18.5 Å². The predicted molar refractivity (Wildman–Crippen MR) is 81.1 cm³/mol. The maximum Gasteiger partial charge on any atom is 0.322 e. The molecular weight excluding hydrogens is 342 g/mol. The molecule has 0 aliphatic carbocycles. The van der Waals surface area contributed by atoms with E-state index in [9.17, 15) is 18.3 Å². The molecule has 1 aliphatic heterocycles. The van der Waals surface area contributed by atoms with Gasteiger partial charge in [-0.3, -0.25) is 4.79 Å². The second kappa shape index (κ2) is 5.84. The average Bonchev–Trinajstić information content (AvgIpc) is 2.94. The summed E-state index contributed by atoms with van der Waals surface area (Å²) in [4.78, 5) is 11.3. The molecule has 1 aliphatic rings. The molecule has 1 fully saturated rings. The minimum absolute atomic E-state index is 0.104. The van der Waals surface area contributed by atoms with Gasteiger partial charge < -0.3 is 5.11 Å². The first-order chi connectivity index (χ1) is 9.28. The fourth-order valence-corrected chi connectivity index (χ4v) is 7.36. The van der Waals surface area contributed by atoms with Gasteiger partial charge in [0.05, 0.1) is 9.71 Å². The first-order valence-corrected chi connectivity index (χ1v) is 9.61. The van der Waals surface area contributed by atoms with Gasteiger partial charge in [0, 0.05) is 5.75 Å². The highest BCUT2D eigenvalue weighted by Crippen LogP contribution is 2.39. The van der Waals surface area contributed by atoms with Crippen molar-refractivity contribution >= 4 is 50.7 Å². The zero-order chi connectivity index (χ0) is 15.1. The van der Waals surface area contributed by atoms with Crippen LogP contribution in [-0.2, 0) is 14.8 Å². The summed E-state index contributed by atoms with van der Waals surface area (Å²) >= 11 is 8.25. The lowest BCUT2D eigenvalue weighted by Crippen LogP contribution is -2.45. The van der Waals surface area contributed by atoms with E-state index >= 15 is 0 Å². The highest BCUT2D eigenvalue weighted by atomic mass is 35.5. The second-order valence-corrected chi connectivity index (χ2v) is 9.34. The van der Waals surface area contributed by atoms with Crippen LogP contribution in [-0.4, -0.2) is 41.0 Å². The van der Waals surface area contributed by atoms with Crippen molar-refractivity contribution in [3.8, 4) is 0 Å². The molecule has 20 heavy (non-hydrogen) atoms. The summed E-state index contributed by atoms with van der Waals surface area (Å²) in [5.74, 6) is -0.845. The SMILES string of the molecule is CCC1SCC(C(=O)O)N1S(=O)(=O)c1cc(C)c(Cl)s1. The Morgan fingerprint density at radius 2 is 2.25 bits per heavy atom. The quantitative estimate of drug-likeness (QED) is 0.898. The molecule has 1 aromatic rings. The summed E-state index contributed by atoms with van der Waals surface area (Å²) in [7, 11) is -3.83. The number of hydrogen-bond acceptors (Lipinski definition) is 5. The van der Waals surface area contributed by atoms with E-state index in [1.54, 1.807) is 6.92 Å². The number of aliphatic carboxylic acids is 1. The third-order valence-corrected chi connectivity index (χ3v) is 8.55. The van der Waals surface area contributed by atoms with Crippen molar-refractivity contribution in [3.05, 3.63) is 16.0 Å². The number of carbonyl (C=O) groups is 1. The third-order valence-electron chi connectivity index (χ3n) is 3.04. The monoisotopic (exact) mass is 355 g/mol. The predicted octanol–water partition coefficient (Wildman–Crippen LogP) is 2.64. The van der Waals surface area contributed by atoms with Crippen molar-refractivity contribution in [3.63, 3.8) is 0 Å².